The quantitative estimate of drug-likeness (QED) is 0.630. The predicted octanol–water partition coefficient (Wildman–Crippen LogP) is 4.18. The summed E-state index contributed by atoms with van der Waals surface area (Å²) < 4.78 is 58.4. The number of carbonyl (C=O) groups is 1. The molecule has 0 radical (unpaired) electrons. The Hall–Kier alpha value is -2.57. The van der Waals surface area contributed by atoms with Gasteiger partial charge in [-0.15, -0.1) is 13.2 Å². The second-order valence-electron chi connectivity index (χ2n) is 4.26. The van der Waals surface area contributed by atoms with E-state index in [4.69, 9.17) is 0 Å². The van der Waals surface area contributed by atoms with Crippen molar-refractivity contribution in [3.63, 3.8) is 0 Å². The fourth-order valence-electron chi connectivity index (χ4n) is 1.84. The van der Waals surface area contributed by atoms with Crippen LogP contribution in [0.4, 0.5) is 17.6 Å². The first kappa shape index (κ1) is 15.8. The fraction of sp³-hybridized carbons (Fsp3) is 0.133. The lowest BCUT2D eigenvalue weighted by molar-refractivity contribution is -0.274. The van der Waals surface area contributed by atoms with E-state index < -0.39 is 23.9 Å². The molecule has 7 heteroatoms. The third kappa shape index (κ3) is 3.75. The van der Waals surface area contributed by atoms with Crippen molar-refractivity contribution in [2.45, 2.75) is 6.36 Å². The molecule has 0 saturated heterocycles. The van der Waals surface area contributed by atoms with E-state index in [0.29, 0.717) is 11.1 Å². The van der Waals surface area contributed by atoms with Gasteiger partial charge in [0.05, 0.1) is 12.7 Å². The lowest BCUT2D eigenvalue weighted by Gasteiger charge is -2.11. The van der Waals surface area contributed by atoms with Crippen LogP contribution in [0.1, 0.15) is 10.4 Å². The number of esters is 1. The lowest BCUT2D eigenvalue weighted by atomic mass is 10.0. The zero-order valence-corrected chi connectivity index (χ0v) is 11.3. The highest BCUT2D eigenvalue weighted by atomic mass is 19.4. The van der Waals surface area contributed by atoms with Crippen LogP contribution in [0.5, 0.6) is 5.75 Å². The highest BCUT2D eigenvalue weighted by molar-refractivity contribution is 5.91. The molecule has 2 aromatic rings. The molecule has 0 N–H and O–H groups in total. The van der Waals surface area contributed by atoms with Crippen molar-refractivity contribution < 1.29 is 31.8 Å². The highest BCUT2D eigenvalue weighted by Crippen LogP contribution is 2.29. The molecule has 0 aromatic heterocycles. The molecule has 3 nitrogen and oxygen atoms in total. The van der Waals surface area contributed by atoms with E-state index in [1.807, 2.05) is 0 Å². The zero-order chi connectivity index (χ0) is 16.3. The van der Waals surface area contributed by atoms with E-state index in [0.717, 1.165) is 25.3 Å². The fourth-order valence-corrected chi connectivity index (χ4v) is 1.84. The first-order valence-corrected chi connectivity index (χ1v) is 6.04. The molecule has 0 aliphatic carbocycles. The van der Waals surface area contributed by atoms with Gasteiger partial charge in [-0.1, -0.05) is 18.2 Å². The minimum atomic E-state index is -4.81. The van der Waals surface area contributed by atoms with Gasteiger partial charge in [0.1, 0.15) is 11.6 Å². The molecule has 0 atom stereocenters. The molecule has 0 bridgehead atoms. The summed E-state index contributed by atoms with van der Waals surface area (Å²) in [5.74, 6) is -2.06. The van der Waals surface area contributed by atoms with E-state index in [1.165, 1.54) is 24.3 Å². The third-order valence-corrected chi connectivity index (χ3v) is 2.77. The summed E-state index contributed by atoms with van der Waals surface area (Å²) in [5, 5.41) is 0. The van der Waals surface area contributed by atoms with Crippen LogP contribution >= 0.6 is 0 Å². The van der Waals surface area contributed by atoms with Crippen LogP contribution < -0.4 is 4.74 Å². The van der Waals surface area contributed by atoms with Crippen LogP contribution in [0.3, 0.4) is 0 Å². The number of hydrogen-bond donors (Lipinski definition) is 0. The summed E-state index contributed by atoms with van der Waals surface area (Å²) in [6.07, 6.45) is -4.81. The molecular weight excluding hydrogens is 304 g/mol. The van der Waals surface area contributed by atoms with Crippen molar-refractivity contribution in [3.05, 3.63) is 53.8 Å². The molecule has 0 fully saturated rings. The molecule has 116 valence electrons. The monoisotopic (exact) mass is 314 g/mol. The van der Waals surface area contributed by atoms with Gasteiger partial charge < -0.3 is 9.47 Å². The molecule has 0 aliphatic rings. The van der Waals surface area contributed by atoms with Gasteiger partial charge in [0.2, 0.25) is 0 Å². The van der Waals surface area contributed by atoms with Gasteiger partial charge in [0.15, 0.2) is 0 Å². The Bertz CT molecular complexity index is 695. The molecule has 0 unspecified atom stereocenters. The van der Waals surface area contributed by atoms with E-state index in [2.05, 4.69) is 9.47 Å². The number of alkyl halides is 3. The third-order valence-electron chi connectivity index (χ3n) is 2.77. The van der Waals surface area contributed by atoms with Crippen molar-refractivity contribution in [3.8, 4) is 16.9 Å². The number of ether oxygens (including phenoxy) is 2. The second kappa shape index (κ2) is 6.05. The maximum atomic E-state index is 13.6. The van der Waals surface area contributed by atoms with Gasteiger partial charge in [-0.3, -0.25) is 0 Å². The average molecular weight is 314 g/mol. The number of hydrogen-bond acceptors (Lipinski definition) is 3. The Morgan fingerprint density at radius 2 is 1.73 bits per heavy atom. The number of halogens is 4. The second-order valence-corrected chi connectivity index (χ2v) is 4.26. The first-order chi connectivity index (χ1) is 10.3. The molecule has 2 rings (SSSR count). The molecule has 0 aliphatic heterocycles. The SMILES string of the molecule is COC(=O)c1cc(-c2cccc(OC(F)(F)F)c2)ccc1F. The number of benzene rings is 2. The number of carbonyl (C=O) groups excluding carboxylic acids is 1. The Labute approximate surface area is 123 Å². The van der Waals surface area contributed by atoms with Crippen LogP contribution in [-0.4, -0.2) is 19.4 Å². The van der Waals surface area contributed by atoms with Crippen LogP contribution in [0.25, 0.3) is 11.1 Å². The van der Waals surface area contributed by atoms with Crippen molar-refractivity contribution >= 4 is 5.97 Å². The molecule has 0 heterocycles. The molecule has 0 spiro atoms. The minimum absolute atomic E-state index is 0.304. The number of methoxy groups -OCH3 is 1. The Kier molecular flexibility index (Phi) is 4.35. The normalized spacial score (nSPS) is 11.1. The van der Waals surface area contributed by atoms with Crippen molar-refractivity contribution in [2.75, 3.05) is 7.11 Å². The maximum absolute atomic E-state index is 13.6. The van der Waals surface area contributed by atoms with E-state index in [9.17, 15) is 22.4 Å². The van der Waals surface area contributed by atoms with Gasteiger partial charge in [-0.2, -0.15) is 0 Å². The number of rotatable bonds is 3. The first-order valence-electron chi connectivity index (χ1n) is 6.04. The van der Waals surface area contributed by atoms with Crippen molar-refractivity contribution in [2.24, 2.45) is 0 Å². The Morgan fingerprint density at radius 3 is 2.36 bits per heavy atom. The summed E-state index contributed by atoms with van der Waals surface area (Å²) >= 11 is 0. The van der Waals surface area contributed by atoms with Crippen LogP contribution in [0, 0.1) is 5.82 Å². The maximum Gasteiger partial charge on any atom is 0.573 e. The van der Waals surface area contributed by atoms with Crippen LogP contribution in [0.2, 0.25) is 0 Å². The molecule has 0 saturated carbocycles. The highest BCUT2D eigenvalue weighted by Gasteiger charge is 2.31. The summed E-state index contributed by atoms with van der Waals surface area (Å²) in [7, 11) is 1.10. The minimum Gasteiger partial charge on any atom is -0.465 e. The van der Waals surface area contributed by atoms with Gasteiger partial charge >= 0.3 is 12.3 Å². The largest absolute Gasteiger partial charge is 0.573 e. The standard InChI is InChI=1S/C15H10F4O3/c1-21-14(20)12-8-10(5-6-13(12)16)9-3-2-4-11(7-9)22-15(17,18)19/h2-8H,1H3. The smallest absolute Gasteiger partial charge is 0.465 e. The van der Waals surface area contributed by atoms with Gasteiger partial charge in [0.25, 0.3) is 0 Å². The van der Waals surface area contributed by atoms with Crippen LogP contribution in [-0.2, 0) is 4.74 Å². The summed E-state index contributed by atoms with van der Waals surface area (Å²) in [4.78, 5) is 11.4. The topological polar surface area (TPSA) is 35.5 Å². The Balaban J connectivity index is 2.40. The van der Waals surface area contributed by atoms with Gasteiger partial charge in [0, 0.05) is 0 Å². The van der Waals surface area contributed by atoms with Gasteiger partial charge in [-0.25, -0.2) is 9.18 Å². The summed E-state index contributed by atoms with van der Waals surface area (Å²) in [6.45, 7) is 0. The van der Waals surface area contributed by atoms with E-state index in [1.54, 1.807) is 0 Å². The molecular formula is C15H10F4O3. The predicted molar refractivity (Wildman–Crippen MR) is 69.9 cm³/mol. The molecule has 2 aromatic carbocycles. The molecule has 22 heavy (non-hydrogen) atoms. The van der Waals surface area contributed by atoms with E-state index in [-0.39, 0.29) is 5.56 Å². The lowest BCUT2D eigenvalue weighted by Crippen LogP contribution is -2.17. The van der Waals surface area contributed by atoms with Crippen molar-refractivity contribution in [1.29, 1.82) is 0 Å². The Morgan fingerprint density at radius 1 is 1.05 bits per heavy atom. The zero-order valence-electron chi connectivity index (χ0n) is 11.3. The summed E-state index contributed by atoms with van der Waals surface area (Å²) in [5.41, 5.74) is 0.392. The average Bonchev–Trinajstić information content (AvgIpc) is 2.45. The van der Waals surface area contributed by atoms with Crippen molar-refractivity contribution in [1.82, 2.24) is 0 Å². The molecule has 0 amide bonds. The summed E-state index contributed by atoms with van der Waals surface area (Å²) in [6, 6.07) is 8.74. The van der Waals surface area contributed by atoms with Crippen LogP contribution in [0.15, 0.2) is 42.5 Å². The van der Waals surface area contributed by atoms with E-state index >= 15 is 0 Å². The van der Waals surface area contributed by atoms with Gasteiger partial charge in [-0.05, 0) is 35.4 Å².